The van der Waals surface area contributed by atoms with Crippen molar-refractivity contribution < 1.29 is 4.79 Å². The van der Waals surface area contributed by atoms with Crippen molar-refractivity contribution in [2.45, 2.75) is 50.7 Å². The summed E-state index contributed by atoms with van der Waals surface area (Å²) in [6.45, 7) is -0.263. The number of amides is 1. The quantitative estimate of drug-likeness (QED) is 0.752. The van der Waals surface area contributed by atoms with E-state index >= 15 is 0 Å². The summed E-state index contributed by atoms with van der Waals surface area (Å²) in [6.07, 6.45) is 5.19. The minimum Gasteiger partial charge on any atom is -0.351 e. The number of hydrogen-bond acceptors (Lipinski definition) is 4. The van der Waals surface area contributed by atoms with Crippen LogP contribution in [0, 0.1) is 11.8 Å². The third kappa shape index (κ3) is 3.07. The molecular weight excluding hydrogens is 332 g/mol. The van der Waals surface area contributed by atoms with Crippen molar-refractivity contribution in [1.29, 1.82) is 0 Å². The topological polar surface area (TPSA) is 110 Å². The van der Waals surface area contributed by atoms with Gasteiger partial charge < -0.3 is 16.0 Å². The Balaban J connectivity index is 1.55. The van der Waals surface area contributed by atoms with Crippen LogP contribution in [-0.2, 0) is 11.3 Å². The third-order valence-corrected chi connectivity index (χ3v) is 5.90. The molecule has 0 spiro atoms. The van der Waals surface area contributed by atoms with Gasteiger partial charge in [-0.25, -0.2) is 4.79 Å². The number of benzene rings is 1. The molecule has 7 nitrogen and oxygen atoms in total. The number of para-hydroxylation sites is 1. The van der Waals surface area contributed by atoms with Crippen LogP contribution in [0.15, 0.2) is 33.9 Å². The highest BCUT2D eigenvalue weighted by atomic mass is 16.2. The average molecular weight is 356 g/mol. The minimum absolute atomic E-state index is 0.103. The molecule has 0 radical (unpaired) electrons. The number of nitrogens with one attached hydrogen (secondary N) is 2. The summed E-state index contributed by atoms with van der Waals surface area (Å²) < 4.78 is 0.974. The monoisotopic (exact) mass is 356 g/mol. The molecule has 2 aromatic rings. The maximum atomic E-state index is 12.6. The maximum absolute atomic E-state index is 12.6. The van der Waals surface area contributed by atoms with Crippen molar-refractivity contribution in [3.63, 3.8) is 0 Å². The normalized spacial score (nSPS) is 28.0. The van der Waals surface area contributed by atoms with Crippen molar-refractivity contribution in [1.82, 2.24) is 14.9 Å². The van der Waals surface area contributed by atoms with Crippen LogP contribution >= 0.6 is 0 Å². The van der Waals surface area contributed by atoms with E-state index in [1.165, 1.54) is 6.42 Å². The number of carbonyl (C=O) groups excluding carboxylic acids is 1. The molecule has 1 amide bonds. The highest BCUT2D eigenvalue weighted by Gasteiger charge is 2.39. The van der Waals surface area contributed by atoms with E-state index in [2.05, 4.69) is 10.3 Å². The van der Waals surface area contributed by atoms with E-state index in [1.807, 2.05) is 0 Å². The minimum atomic E-state index is -0.560. The predicted molar refractivity (Wildman–Crippen MR) is 98.8 cm³/mol. The molecule has 2 atom stereocenters. The fourth-order valence-corrected chi connectivity index (χ4v) is 4.74. The zero-order valence-corrected chi connectivity index (χ0v) is 14.6. The van der Waals surface area contributed by atoms with Gasteiger partial charge in [0.05, 0.1) is 10.9 Å². The Morgan fingerprint density at radius 3 is 2.62 bits per heavy atom. The molecule has 4 N–H and O–H groups in total. The summed E-state index contributed by atoms with van der Waals surface area (Å²) in [5.74, 6) is 0.506. The van der Waals surface area contributed by atoms with Crippen LogP contribution in [0.25, 0.3) is 10.9 Å². The van der Waals surface area contributed by atoms with Gasteiger partial charge >= 0.3 is 5.69 Å². The summed E-state index contributed by atoms with van der Waals surface area (Å²) in [5, 5.41) is 3.49. The zero-order chi connectivity index (χ0) is 18.3. The van der Waals surface area contributed by atoms with Gasteiger partial charge in [-0.15, -0.1) is 0 Å². The van der Waals surface area contributed by atoms with Crippen LogP contribution in [0.4, 0.5) is 0 Å². The van der Waals surface area contributed by atoms with E-state index in [1.54, 1.807) is 24.3 Å². The van der Waals surface area contributed by atoms with Crippen molar-refractivity contribution in [3.05, 3.63) is 45.1 Å². The number of carbonyl (C=O) groups is 1. The molecule has 2 aliphatic carbocycles. The van der Waals surface area contributed by atoms with Crippen molar-refractivity contribution >= 4 is 16.8 Å². The number of aromatic nitrogens is 2. The summed E-state index contributed by atoms with van der Waals surface area (Å²) in [7, 11) is 0. The molecule has 138 valence electrons. The summed E-state index contributed by atoms with van der Waals surface area (Å²) in [6, 6.07) is 7.13. The molecule has 1 heterocycles. The second-order valence-corrected chi connectivity index (χ2v) is 7.64. The molecule has 1 aromatic heterocycles. The van der Waals surface area contributed by atoms with Gasteiger partial charge in [0.15, 0.2) is 0 Å². The van der Waals surface area contributed by atoms with E-state index in [0.717, 1.165) is 30.3 Å². The van der Waals surface area contributed by atoms with Crippen molar-refractivity contribution in [2.24, 2.45) is 17.6 Å². The Hall–Kier alpha value is -2.41. The van der Waals surface area contributed by atoms with Gasteiger partial charge in [0, 0.05) is 12.1 Å². The molecule has 1 aromatic carbocycles. The first-order valence-corrected chi connectivity index (χ1v) is 9.29. The Morgan fingerprint density at radius 1 is 1.19 bits per heavy atom. The van der Waals surface area contributed by atoms with E-state index in [-0.39, 0.29) is 24.5 Å². The summed E-state index contributed by atoms with van der Waals surface area (Å²) in [5.41, 5.74) is 5.61. The van der Waals surface area contributed by atoms with Gasteiger partial charge in [0.25, 0.3) is 5.56 Å². The highest BCUT2D eigenvalue weighted by molar-refractivity contribution is 5.79. The highest BCUT2D eigenvalue weighted by Crippen LogP contribution is 2.39. The lowest BCUT2D eigenvalue weighted by Crippen LogP contribution is -2.55. The molecule has 2 saturated carbocycles. The number of rotatable bonds is 3. The average Bonchev–Trinajstić information content (AvgIpc) is 2.59. The zero-order valence-electron chi connectivity index (χ0n) is 14.6. The molecule has 2 aliphatic rings. The van der Waals surface area contributed by atoms with Crippen LogP contribution in [0.5, 0.6) is 0 Å². The van der Waals surface area contributed by atoms with Crippen LogP contribution in [0.3, 0.4) is 0 Å². The van der Waals surface area contributed by atoms with E-state index in [9.17, 15) is 14.4 Å². The second kappa shape index (κ2) is 6.72. The maximum Gasteiger partial charge on any atom is 0.329 e. The van der Waals surface area contributed by atoms with E-state index in [0.29, 0.717) is 22.7 Å². The van der Waals surface area contributed by atoms with Gasteiger partial charge in [-0.3, -0.25) is 14.2 Å². The van der Waals surface area contributed by atoms with Crippen molar-refractivity contribution in [2.75, 3.05) is 0 Å². The number of H-pyrrole nitrogens is 1. The molecule has 2 fully saturated rings. The van der Waals surface area contributed by atoms with E-state index in [4.69, 9.17) is 5.73 Å². The Labute approximate surface area is 150 Å². The van der Waals surface area contributed by atoms with Gasteiger partial charge in [-0.05, 0) is 49.7 Å². The Bertz CT molecular complexity index is 934. The Kier molecular flexibility index (Phi) is 4.40. The SMILES string of the molecule is NC1CC2CCCC(C1)C2NC(=O)Cn1c(=O)[nH]c2ccccc2c1=O. The number of nitrogens with two attached hydrogens (primary N) is 1. The second-order valence-electron chi connectivity index (χ2n) is 7.64. The fraction of sp³-hybridized carbons (Fsp3) is 0.526. The van der Waals surface area contributed by atoms with Crippen LogP contribution in [-0.4, -0.2) is 27.5 Å². The standard InChI is InChI=1S/C19H24N4O3/c20-13-8-11-4-3-5-12(9-13)17(11)22-16(24)10-23-18(25)14-6-1-2-7-15(14)21-19(23)26/h1-2,6-7,11-13,17H,3-5,8-10,20H2,(H,21,26)(H,22,24). The molecule has 2 unspecified atom stereocenters. The molecule has 0 saturated heterocycles. The molecule has 0 aliphatic heterocycles. The number of nitrogens with zero attached hydrogens (tertiary/aromatic N) is 1. The van der Waals surface area contributed by atoms with Gasteiger partial charge in [-0.2, -0.15) is 0 Å². The number of hydrogen-bond donors (Lipinski definition) is 3. The van der Waals surface area contributed by atoms with Crippen LogP contribution in [0.2, 0.25) is 0 Å². The molecule has 2 bridgehead atoms. The van der Waals surface area contributed by atoms with E-state index < -0.39 is 11.2 Å². The largest absolute Gasteiger partial charge is 0.351 e. The predicted octanol–water partition coefficient (Wildman–Crippen LogP) is 0.712. The summed E-state index contributed by atoms with van der Waals surface area (Å²) in [4.78, 5) is 40.0. The first-order chi connectivity index (χ1) is 12.5. The first kappa shape index (κ1) is 17.0. The van der Waals surface area contributed by atoms with Crippen LogP contribution < -0.4 is 22.3 Å². The van der Waals surface area contributed by atoms with Gasteiger partial charge in [-0.1, -0.05) is 18.6 Å². The first-order valence-electron chi connectivity index (χ1n) is 9.29. The lowest BCUT2D eigenvalue weighted by Gasteiger charge is -2.45. The number of fused-ring (bicyclic) bond motifs is 3. The summed E-state index contributed by atoms with van der Waals surface area (Å²) >= 11 is 0. The smallest absolute Gasteiger partial charge is 0.329 e. The molecule has 7 heteroatoms. The third-order valence-electron chi connectivity index (χ3n) is 5.90. The van der Waals surface area contributed by atoms with Crippen LogP contribution in [0.1, 0.15) is 32.1 Å². The lowest BCUT2D eigenvalue weighted by atomic mass is 9.67. The van der Waals surface area contributed by atoms with Gasteiger partial charge in [0.1, 0.15) is 6.54 Å². The Morgan fingerprint density at radius 2 is 1.88 bits per heavy atom. The van der Waals surface area contributed by atoms with Crippen molar-refractivity contribution in [3.8, 4) is 0 Å². The van der Waals surface area contributed by atoms with Gasteiger partial charge in [0.2, 0.25) is 5.91 Å². The lowest BCUT2D eigenvalue weighted by molar-refractivity contribution is -0.124. The molecular formula is C19H24N4O3. The fourth-order valence-electron chi connectivity index (χ4n) is 4.74. The molecule has 4 rings (SSSR count). The molecule has 26 heavy (non-hydrogen) atoms. The number of aromatic amines is 1.